The fraction of sp³-hybridized carbons (Fsp3) is 0.786. The second-order valence-corrected chi connectivity index (χ2v) is 10.6. The van der Waals surface area contributed by atoms with Crippen LogP contribution < -0.4 is 10.0 Å². The van der Waals surface area contributed by atoms with E-state index < -0.39 is 37.8 Å². The van der Waals surface area contributed by atoms with Gasteiger partial charge >= 0.3 is 6.18 Å². The molecule has 1 aliphatic rings. The average molecular weight is 414 g/mol. The van der Waals surface area contributed by atoms with Crippen molar-refractivity contribution in [1.29, 1.82) is 0 Å². The Morgan fingerprint density at radius 1 is 1.12 bits per heavy atom. The predicted octanol–water partition coefficient (Wildman–Crippen LogP) is 2.77. The molecule has 0 unspecified atom stereocenters. The van der Waals surface area contributed by atoms with Gasteiger partial charge in [0.1, 0.15) is 0 Å². The topological polar surface area (TPSA) is 101 Å². The van der Waals surface area contributed by atoms with E-state index in [2.05, 4.69) is 20.2 Å². The predicted molar refractivity (Wildman–Crippen MR) is 91.1 cm³/mol. The number of hydrogen-bond donors (Lipinski definition) is 2. The van der Waals surface area contributed by atoms with Gasteiger partial charge in [-0.1, -0.05) is 11.3 Å². The number of hydrogen-bond acceptors (Lipinski definition) is 6. The van der Waals surface area contributed by atoms with Crippen LogP contribution in [-0.2, 0) is 21.0 Å². The first-order valence-electron chi connectivity index (χ1n) is 8.03. The van der Waals surface area contributed by atoms with Crippen LogP contribution in [0.2, 0.25) is 0 Å². The average Bonchev–Trinajstić information content (AvgIpc) is 2.95. The maximum atomic E-state index is 12.5. The largest absolute Gasteiger partial charge is 0.445 e. The van der Waals surface area contributed by atoms with Gasteiger partial charge in [-0.15, -0.1) is 10.2 Å². The van der Waals surface area contributed by atoms with Gasteiger partial charge in [-0.3, -0.25) is 4.79 Å². The van der Waals surface area contributed by atoms with Crippen molar-refractivity contribution >= 4 is 32.4 Å². The number of nitrogens with zero attached hydrogens (tertiary/aromatic N) is 2. The summed E-state index contributed by atoms with van der Waals surface area (Å²) in [6.07, 6.45) is -2.75. The van der Waals surface area contributed by atoms with Crippen LogP contribution in [0, 0.1) is 5.92 Å². The standard InChI is InChI=1S/C14H21F3N4O3S2/c1-13(2,3)26(23,24)21-9-6-4-8(5-7-9)10(22)18-12-20-19-11(25-12)14(15,16)17/h8-9,21H,4-7H2,1-3H3,(H,18,20,22). The molecule has 2 rings (SSSR count). The first-order valence-corrected chi connectivity index (χ1v) is 10.3. The lowest BCUT2D eigenvalue weighted by Gasteiger charge is -2.30. The molecule has 1 aromatic rings. The van der Waals surface area contributed by atoms with E-state index in [1.54, 1.807) is 20.8 Å². The molecule has 12 heteroatoms. The minimum atomic E-state index is -4.59. The van der Waals surface area contributed by atoms with E-state index >= 15 is 0 Å². The Balaban J connectivity index is 1.88. The zero-order chi connectivity index (χ0) is 19.8. The Morgan fingerprint density at radius 3 is 2.15 bits per heavy atom. The maximum absolute atomic E-state index is 12.5. The molecule has 2 N–H and O–H groups in total. The van der Waals surface area contributed by atoms with E-state index in [9.17, 15) is 26.4 Å². The molecule has 0 radical (unpaired) electrons. The highest BCUT2D eigenvalue weighted by Gasteiger charge is 2.37. The van der Waals surface area contributed by atoms with Crippen LogP contribution in [0.5, 0.6) is 0 Å². The molecular weight excluding hydrogens is 393 g/mol. The third kappa shape index (κ3) is 5.13. The van der Waals surface area contributed by atoms with Crippen LogP contribution in [0.15, 0.2) is 0 Å². The van der Waals surface area contributed by atoms with Gasteiger partial charge in [-0.25, -0.2) is 13.1 Å². The van der Waals surface area contributed by atoms with Crippen molar-refractivity contribution in [3.05, 3.63) is 5.01 Å². The third-order valence-corrected chi connectivity index (χ3v) is 7.26. The van der Waals surface area contributed by atoms with Crippen LogP contribution >= 0.6 is 11.3 Å². The zero-order valence-corrected chi connectivity index (χ0v) is 16.2. The summed E-state index contributed by atoms with van der Waals surface area (Å²) in [7, 11) is -3.47. The Hall–Kier alpha value is -1.27. The molecule has 1 aliphatic carbocycles. The number of alkyl halides is 3. The molecule has 1 fully saturated rings. The molecule has 0 atom stereocenters. The van der Waals surface area contributed by atoms with Crippen molar-refractivity contribution < 1.29 is 26.4 Å². The van der Waals surface area contributed by atoms with E-state index in [1.165, 1.54) is 0 Å². The highest BCUT2D eigenvalue weighted by Crippen LogP contribution is 2.33. The molecule has 1 heterocycles. The highest BCUT2D eigenvalue weighted by molar-refractivity contribution is 7.90. The number of nitrogens with one attached hydrogen (secondary N) is 2. The van der Waals surface area contributed by atoms with Gasteiger partial charge in [0.15, 0.2) is 0 Å². The van der Waals surface area contributed by atoms with Gasteiger partial charge in [0, 0.05) is 12.0 Å². The van der Waals surface area contributed by atoms with Crippen LogP contribution in [-0.4, -0.2) is 35.3 Å². The zero-order valence-electron chi connectivity index (χ0n) is 14.6. The Bertz CT molecular complexity index is 748. The minimum absolute atomic E-state index is 0.196. The maximum Gasteiger partial charge on any atom is 0.445 e. The van der Waals surface area contributed by atoms with Crippen molar-refractivity contribution in [1.82, 2.24) is 14.9 Å². The second-order valence-electron chi connectivity index (χ2n) is 7.18. The lowest BCUT2D eigenvalue weighted by Crippen LogP contribution is -2.46. The second kappa shape index (κ2) is 7.39. The van der Waals surface area contributed by atoms with Crippen LogP contribution in [0.3, 0.4) is 0 Å². The highest BCUT2D eigenvalue weighted by atomic mass is 32.2. The fourth-order valence-electron chi connectivity index (χ4n) is 2.47. The van der Waals surface area contributed by atoms with Crippen LogP contribution in [0.25, 0.3) is 0 Å². The molecule has 0 saturated heterocycles. The number of anilines is 1. The normalized spacial score (nSPS) is 22.2. The molecule has 7 nitrogen and oxygen atoms in total. The van der Waals surface area contributed by atoms with E-state index in [0.717, 1.165) is 0 Å². The number of amides is 1. The Morgan fingerprint density at radius 2 is 1.69 bits per heavy atom. The van der Waals surface area contributed by atoms with Gasteiger partial charge in [0.2, 0.25) is 26.1 Å². The molecule has 1 aromatic heterocycles. The van der Waals surface area contributed by atoms with Crippen molar-refractivity contribution in [3.63, 3.8) is 0 Å². The summed E-state index contributed by atoms with van der Waals surface area (Å²) in [6, 6.07) is -0.248. The van der Waals surface area contributed by atoms with Gasteiger partial charge in [0.05, 0.1) is 4.75 Å². The lowest BCUT2D eigenvalue weighted by atomic mass is 9.86. The van der Waals surface area contributed by atoms with Crippen molar-refractivity contribution in [2.24, 2.45) is 5.92 Å². The summed E-state index contributed by atoms with van der Waals surface area (Å²) in [5, 5.41) is 7.39. The first kappa shape index (κ1) is 21.0. The molecule has 1 amide bonds. The molecule has 1 saturated carbocycles. The summed E-state index contributed by atoms with van der Waals surface area (Å²) in [6.45, 7) is 4.81. The number of carbonyl (C=O) groups excluding carboxylic acids is 1. The molecular formula is C14H21F3N4O3S2. The van der Waals surface area contributed by atoms with Gasteiger partial charge in [-0.2, -0.15) is 13.2 Å². The number of aromatic nitrogens is 2. The van der Waals surface area contributed by atoms with Crippen molar-refractivity contribution in [3.8, 4) is 0 Å². The number of sulfonamides is 1. The lowest BCUT2D eigenvalue weighted by molar-refractivity contribution is -0.138. The summed E-state index contributed by atoms with van der Waals surface area (Å²) in [5.74, 6) is -0.823. The fourth-order valence-corrected chi connectivity index (χ4v) is 4.11. The third-order valence-electron chi connectivity index (χ3n) is 4.12. The number of carbonyl (C=O) groups is 1. The number of halogens is 3. The molecule has 148 valence electrons. The van der Waals surface area contributed by atoms with E-state index in [1.807, 2.05) is 0 Å². The molecule has 0 spiro atoms. The van der Waals surface area contributed by atoms with Gasteiger partial charge in [0.25, 0.3) is 0 Å². The Labute approximate surface area is 153 Å². The minimum Gasteiger partial charge on any atom is -0.300 e. The molecule has 0 aromatic carbocycles. The summed E-state index contributed by atoms with van der Waals surface area (Å²) in [5.41, 5.74) is 0. The SMILES string of the molecule is CC(C)(C)S(=O)(=O)NC1CCC(C(=O)Nc2nnc(C(F)(F)F)s2)CC1. The Kier molecular flexibility index (Phi) is 5.98. The van der Waals surface area contributed by atoms with E-state index in [0.29, 0.717) is 25.7 Å². The first-order chi connectivity index (χ1) is 11.8. The number of rotatable bonds is 4. The quantitative estimate of drug-likeness (QED) is 0.789. The van der Waals surface area contributed by atoms with Crippen LogP contribution in [0.1, 0.15) is 51.5 Å². The monoisotopic (exact) mass is 414 g/mol. The molecule has 0 bridgehead atoms. The molecule has 26 heavy (non-hydrogen) atoms. The van der Waals surface area contributed by atoms with E-state index in [4.69, 9.17) is 0 Å². The summed E-state index contributed by atoms with van der Waals surface area (Å²) in [4.78, 5) is 12.2. The van der Waals surface area contributed by atoms with Crippen molar-refractivity contribution in [2.75, 3.05) is 5.32 Å². The summed E-state index contributed by atoms with van der Waals surface area (Å²) < 4.78 is 63.6. The van der Waals surface area contributed by atoms with Gasteiger partial charge < -0.3 is 5.32 Å². The summed E-state index contributed by atoms with van der Waals surface area (Å²) >= 11 is 0.272. The smallest absolute Gasteiger partial charge is 0.300 e. The van der Waals surface area contributed by atoms with Gasteiger partial charge in [-0.05, 0) is 46.5 Å². The molecule has 0 aliphatic heterocycles. The van der Waals surface area contributed by atoms with Crippen molar-refractivity contribution in [2.45, 2.75) is 63.4 Å². The van der Waals surface area contributed by atoms with Crippen LogP contribution in [0.4, 0.5) is 18.3 Å². The van der Waals surface area contributed by atoms with E-state index in [-0.39, 0.29) is 22.5 Å².